The molecule has 4 aromatic rings. The van der Waals surface area contributed by atoms with Gasteiger partial charge < -0.3 is 9.88 Å². The molecule has 0 saturated carbocycles. The first-order valence-electron chi connectivity index (χ1n) is 8.94. The van der Waals surface area contributed by atoms with Crippen molar-refractivity contribution in [2.75, 3.05) is 0 Å². The van der Waals surface area contributed by atoms with E-state index in [1.807, 2.05) is 24.3 Å². The van der Waals surface area contributed by atoms with Gasteiger partial charge in [0, 0.05) is 10.6 Å². The summed E-state index contributed by atoms with van der Waals surface area (Å²) >= 11 is 6.19. The Morgan fingerprint density at radius 2 is 1.69 bits per heavy atom. The molecular weight excluding hydrogens is 396 g/mol. The first-order valence-corrected chi connectivity index (χ1v) is 9.32. The van der Waals surface area contributed by atoms with Gasteiger partial charge in [-0.25, -0.2) is 13.8 Å². The molecule has 0 bridgehead atoms. The molecule has 0 aliphatic carbocycles. The fraction of sp³-hybridized carbons (Fsp3) is 0.0909. The standard InChI is InChI=1S/C22H16ClF2N3O/c23-16-7-5-9-18(25)15(16)13-28-20-11-4-3-10-19(20)27-21(28)12-26-22(29)14-6-1-2-8-17(14)24/h1-11H,12-13H2,(H,26,29). The van der Waals surface area contributed by atoms with Crippen molar-refractivity contribution in [3.8, 4) is 0 Å². The normalized spacial score (nSPS) is 11.0. The molecule has 1 aromatic heterocycles. The molecule has 29 heavy (non-hydrogen) atoms. The Bertz CT molecular complexity index is 1190. The summed E-state index contributed by atoms with van der Waals surface area (Å²) in [6, 6.07) is 17.6. The van der Waals surface area contributed by atoms with E-state index < -0.39 is 17.5 Å². The van der Waals surface area contributed by atoms with Gasteiger partial charge >= 0.3 is 0 Å². The van der Waals surface area contributed by atoms with E-state index in [4.69, 9.17) is 11.6 Å². The second-order valence-corrected chi connectivity index (χ2v) is 6.87. The SMILES string of the molecule is O=C(NCc1nc2ccccc2n1Cc1c(F)cccc1Cl)c1ccccc1F. The van der Waals surface area contributed by atoms with Crippen LogP contribution in [-0.2, 0) is 13.1 Å². The zero-order valence-electron chi connectivity index (χ0n) is 15.2. The number of aromatic nitrogens is 2. The Morgan fingerprint density at radius 1 is 0.966 bits per heavy atom. The Balaban J connectivity index is 1.67. The van der Waals surface area contributed by atoms with Gasteiger partial charge in [0.25, 0.3) is 5.91 Å². The zero-order valence-corrected chi connectivity index (χ0v) is 16.0. The molecule has 0 spiro atoms. The van der Waals surface area contributed by atoms with Gasteiger partial charge in [0.2, 0.25) is 0 Å². The van der Waals surface area contributed by atoms with Crippen LogP contribution in [0.25, 0.3) is 11.0 Å². The van der Waals surface area contributed by atoms with E-state index in [1.165, 1.54) is 24.3 Å². The van der Waals surface area contributed by atoms with Crippen LogP contribution in [0, 0.1) is 11.6 Å². The average Bonchev–Trinajstić information content (AvgIpc) is 3.07. The maximum atomic E-state index is 14.3. The number of amides is 1. The number of halogens is 3. The molecule has 1 N–H and O–H groups in total. The fourth-order valence-corrected chi connectivity index (χ4v) is 3.40. The van der Waals surface area contributed by atoms with E-state index in [-0.39, 0.29) is 18.7 Å². The lowest BCUT2D eigenvalue weighted by Gasteiger charge is -2.12. The number of benzene rings is 3. The number of fused-ring (bicyclic) bond motifs is 1. The quantitative estimate of drug-likeness (QED) is 0.505. The summed E-state index contributed by atoms with van der Waals surface area (Å²) in [5.41, 5.74) is 1.77. The van der Waals surface area contributed by atoms with Crippen LogP contribution in [0.2, 0.25) is 5.02 Å². The summed E-state index contributed by atoms with van der Waals surface area (Å²) in [4.78, 5) is 16.9. The summed E-state index contributed by atoms with van der Waals surface area (Å²) in [7, 11) is 0. The van der Waals surface area contributed by atoms with E-state index in [0.29, 0.717) is 21.9 Å². The van der Waals surface area contributed by atoms with Crippen molar-refractivity contribution in [2.24, 2.45) is 0 Å². The van der Waals surface area contributed by atoms with Crippen LogP contribution < -0.4 is 5.32 Å². The topological polar surface area (TPSA) is 46.9 Å². The Kier molecular flexibility index (Phi) is 5.27. The van der Waals surface area contributed by atoms with Crippen molar-refractivity contribution in [1.29, 1.82) is 0 Å². The second kappa shape index (κ2) is 8.01. The van der Waals surface area contributed by atoms with Gasteiger partial charge in [0.15, 0.2) is 0 Å². The predicted octanol–water partition coefficient (Wildman–Crippen LogP) is 4.95. The molecule has 0 saturated heterocycles. The minimum absolute atomic E-state index is 0.0488. The highest BCUT2D eigenvalue weighted by Gasteiger charge is 2.16. The molecule has 0 radical (unpaired) electrons. The van der Waals surface area contributed by atoms with Crippen LogP contribution in [-0.4, -0.2) is 15.5 Å². The third-order valence-corrected chi connectivity index (χ3v) is 4.99. The Labute approximate surface area is 170 Å². The molecule has 146 valence electrons. The summed E-state index contributed by atoms with van der Waals surface area (Å²) in [6.07, 6.45) is 0. The van der Waals surface area contributed by atoms with Gasteiger partial charge in [0.1, 0.15) is 17.5 Å². The maximum absolute atomic E-state index is 14.3. The fourth-order valence-electron chi connectivity index (χ4n) is 3.18. The molecule has 3 aromatic carbocycles. The molecule has 0 unspecified atom stereocenters. The first kappa shape index (κ1) is 19.1. The number of carbonyl (C=O) groups excluding carboxylic acids is 1. The van der Waals surface area contributed by atoms with Gasteiger partial charge in [-0.05, 0) is 36.4 Å². The van der Waals surface area contributed by atoms with Gasteiger partial charge in [-0.3, -0.25) is 4.79 Å². The molecule has 1 amide bonds. The number of para-hydroxylation sites is 2. The van der Waals surface area contributed by atoms with Gasteiger partial charge in [-0.15, -0.1) is 0 Å². The first-order chi connectivity index (χ1) is 14.0. The lowest BCUT2D eigenvalue weighted by molar-refractivity contribution is 0.0945. The zero-order chi connectivity index (χ0) is 20.4. The summed E-state index contributed by atoms with van der Waals surface area (Å²) < 4.78 is 30.0. The molecule has 0 aliphatic heterocycles. The lowest BCUT2D eigenvalue weighted by Crippen LogP contribution is -2.25. The highest BCUT2D eigenvalue weighted by atomic mass is 35.5. The van der Waals surface area contributed by atoms with Crippen molar-refractivity contribution in [1.82, 2.24) is 14.9 Å². The molecule has 4 rings (SSSR count). The largest absolute Gasteiger partial charge is 0.345 e. The van der Waals surface area contributed by atoms with Crippen LogP contribution in [0.4, 0.5) is 8.78 Å². The van der Waals surface area contributed by atoms with Crippen molar-refractivity contribution < 1.29 is 13.6 Å². The van der Waals surface area contributed by atoms with E-state index >= 15 is 0 Å². The van der Waals surface area contributed by atoms with E-state index in [2.05, 4.69) is 10.3 Å². The third-order valence-electron chi connectivity index (χ3n) is 4.64. The molecule has 0 fully saturated rings. The number of nitrogens with zero attached hydrogens (tertiary/aromatic N) is 2. The summed E-state index contributed by atoms with van der Waals surface area (Å²) in [5.74, 6) is -1.06. The number of rotatable bonds is 5. The summed E-state index contributed by atoms with van der Waals surface area (Å²) in [6.45, 7) is 0.199. The molecule has 4 nitrogen and oxygen atoms in total. The number of hydrogen-bond acceptors (Lipinski definition) is 2. The number of carbonyl (C=O) groups is 1. The lowest BCUT2D eigenvalue weighted by atomic mass is 10.2. The van der Waals surface area contributed by atoms with Crippen molar-refractivity contribution in [3.05, 3.63) is 100 Å². The predicted molar refractivity (Wildman–Crippen MR) is 108 cm³/mol. The van der Waals surface area contributed by atoms with Gasteiger partial charge in [0.05, 0.1) is 29.7 Å². The van der Waals surface area contributed by atoms with E-state index in [1.54, 1.807) is 22.8 Å². The number of imidazole rings is 1. The molecule has 0 atom stereocenters. The van der Waals surface area contributed by atoms with Crippen molar-refractivity contribution in [2.45, 2.75) is 13.1 Å². The minimum atomic E-state index is -0.600. The number of nitrogens with one attached hydrogen (secondary N) is 1. The van der Waals surface area contributed by atoms with Gasteiger partial charge in [-0.2, -0.15) is 0 Å². The van der Waals surface area contributed by atoms with Crippen LogP contribution >= 0.6 is 11.6 Å². The Hall–Kier alpha value is -3.25. The average molecular weight is 412 g/mol. The summed E-state index contributed by atoms with van der Waals surface area (Å²) in [5, 5.41) is 2.99. The van der Waals surface area contributed by atoms with E-state index in [0.717, 1.165) is 5.52 Å². The van der Waals surface area contributed by atoms with Gasteiger partial charge in [-0.1, -0.05) is 41.9 Å². The van der Waals surface area contributed by atoms with Crippen molar-refractivity contribution in [3.63, 3.8) is 0 Å². The van der Waals surface area contributed by atoms with Crippen LogP contribution in [0.1, 0.15) is 21.7 Å². The van der Waals surface area contributed by atoms with Crippen LogP contribution in [0.15, 0.2) is 66.7 Å². The minimum Gasteiger partial charge on any atom is -0.345 e. The van der Waals surface area contributed by atoms with Crippen LogP contribution in [0.3, 0.4) is 0 Å². The second-order valence-electron chi connectivity index (χ2n) is 6.47. The highest BCUT2D eigenvalue weighted by Crippen LogP contribution is 2.24. The Morgan fingerprint density at radius 3 is 2.48 bits per heavy atom. The molecule has 1 heterocycles. The smallest absolute Gasteiger partial charge is 0.254 e. The monoisotopic (exact) mass is 411 g/mol. The molecule has 7 heteroatoms. The third kappa shape index (κ3) is 3.84. The maximum Gasteiger partial charge on any atom is 0.254 e. The highest BCUT2D eigenvalue weighted by molar-refractivity contribution is 6.31. The van der Waals surface area contributed by atoms with Crippen molar-refractivity contribution >= 4 is 28.5 Å². The van der Waals surface area contributed by atoms with E-state index in [9.17, 15) is 13.6 Å². The molecule has 0 aliphatic rings. The number of hydrogen-bond donors (Lipinski definition) is 1. The molecular formula is C22H16ClF2N3O. The van der Waals surface area contributed by atoms with Crippen LogP contribution in [0.5, 0.6) is 0 Å².